The van der Waals surface area contributed by atoms with Gasteiger partial charge in [-0.25, -0.2) is 4.98 Å². The number of hydrogen-bond donors (Lipinski definition) is 1. The molecule has 2 heterocycles. The van der Waals surface area contributed by atoms with Gasteiger partial charge in [0.25, 0.3) is 5.56 Å². The van der Waals surface area contributed by atoms with Crippen molar-refractivity contribution in [1.82, 2.24) is 15.1 Å². The lowest BCUT2D eigenvalue weighted by atomic mass is 10.1. The van der Waals surface area contributed by atoms with E-state index >= 15 is 0 Å². The van der Waals surface area contributed by atoms with E-state index in [1.807, 2.05) is 54.6 Å². The van der Waals surface area contributed by atoms with E-state index in [2.05, 4.69) is 15.1 Å². The molecule has 0 bridgehead atoms. The van der Waals surface area contributed by atoms with Gasteiger partial charge in [0.05, 0.1) is 11.0 Å². The average molecular weight is 289 g/mol. The van der Waals surface area contributed by atoms with E-state index in [0.717, 1.165) is 5.56 Å². The van der Waals surface area contributed by atoms with Gasteiger partial charge >= 0.3 is 0 Å². The van der Waals surface area contributed by atoms with Crippen LogP contribution < -0.4 is 5.56 Å². The summed E-state index contributed by atoms with van der Waals surface area (Å²) in [6, 6.07) is 18.7. The minimum Gasteiger partial charge on any atom is -0.354 e. The molecule has 2 aromatic heterocycles. The molecule has 5 heteroatoms. The van der Waals surface area contributed by atoms with Crippen LogP contribution in [0.5, 0.6) is 0 Å². The summed E-state index contributed by atoms with van der Waals surface area (Å²) in [5.74, 6) is 0.353. The van der Waals surface area contributed by atoms with Crippen molar-refractivity contribution in [3.05, 3.63) is 71.0 Å². The van der Waals surface area contributed by atoms with Crippen LogP contribution in [0.15, 0.2) is 70.0 Å². The number of nitrogens with one attached hydrogen (secondary N) is 1. The number of benzene rings is 2. The Bertz CT molecular complexity index is 1000. The van der Waals surface area contributed by atoms with E-state index in [-0.39, 0.29) is 11.3 Å². The predicted octanol–water partition coefficient (Wildman–Crippen LogP) is 3.25. The molecule has 0 aliphatic carbocycles. The third-order valence-corrected chi connectivity index (χ3v) is 3.41. The SMILES string of the molecule is O=c1[nH]c2ccccc2nc1-c1cc(-c2ccccc2)no1. The van der Waals surface area contributed by atoms with Crippen molar-refractivity contribution in [2.24, 2.45) is 0 Å². The van der Waals surface area contributed by atoms with Crippen LogP contribution in [-0.4, -0.2) is 15.1 Å². The molecule has 5 nitrogen and oxygen atoms in total. The summed E-state index contributed by atoms with van der Waals surface area (Å²) >= 11 is 0. The van der Waals surface area contributed by atoms with Crippen molar-refractivity contribution in [3.63, 3.8) is 0 Å². The second kappa shape index (κ2) is 4.96. The molecule has 0 atom stereocenters. The van der Waals surface area contributed by atoms with Crippen LogP contribution in [0.25, 0.3) is 33.7 Å². The van der Waals surface area contributed by atoms with Crippen LogP contribution in [0.1, 0.15) is 0 Å². The Kier molecular flexibility index (Phi) is 2.83. The standard InChI is InChI=1S/C17H11N3O2/c21-17-16(18-12-8-4-5-9-13(12)19-17)15-10-14(20-22-15)11-6-2-1-3-7-11/h1-10H,(H,19,21). The Morgan fingerprint density at radius 3 is 2.59 bits per heavy atom. The molecule has 4 aromatic rings. The third-order valence-electron chi connectivity index (χ3n) is 3.41. The van der Waals surface area contributed by atoms with E-state index in [1.165, 1.54) is 0 Å². The quantitative estimate of drug-likeness (QED) is 0.615. The molecule has 106 valence electrons. The molecule has 4 rings (SSSR count). The van der Waals surface area contributed by atoms with Crippen molar-refractivity contribution in [2.75, 3.05) is 0 Å². The first-order valence-corrected chi connectivity index (χ1v) is 6.83. The van der Waals surface area contributed by atoms with Crippen molar-refractivity contribution in [1.29, 1.82) is 0 Å². The third kappa shape index (κ3) is 2.09. The van der Waals surface area contributed by atoms with E-state index in [1.54, 1.807) is 6.07 Å². The van der Waals surface area contributed by atoms with Crippen LogP contribution in [-0.2, 0) is 0 Å². The van der Waals surface area contributed by atoms with Crippen LogP contribution in [0, 0.1) is 0 Å². The lowest BCUT2D eigenvalue weighted by molar-refractivity contribution is 0.433. The smallest absolute Gasteiger partial charge is 0.278 e. The highest BCUT2D eigenvalue weighted by atomic mass is 16.5. The van der Waals surface area contributed by atoms with Gasteiger partial charge in [0.15, 0.2) is 11.5 Å². The van der Waals surface area contributed by atoms with Crippen LogP contribution in [0.3, 0.4) is 0 Å². The van der Waals surface area contributed by atoms with E-state index in [0.29, 0.717) is 22.5 Å². The van der Waals surface area contributed by atoms with Gasteiger partial charge in [0.2, 0.25) is 0 Å². The fourth-order valence-corrected chi connectivity index (χ4v) is 2.33. The van der Waals surface area contributed by atoms with Crippen molar-refractivity contribution in [2.45, 2.75) is 0 Å². The maximum absolute atomic E-state index is 12.2. The molecule has 22 heavy (non-hydrogen) atoms. The van der Waals surface area contributed by atoms with Gasteiger partial charge in [-0.2, -0.15) is 0 Å². The topological polar surface area (TPSA) is 71.8 Å². The lowest BCUT2D eigenvalue weighted by Gasteiger charge is -1.98. The summed E-state index contributed by atoms with van der Waals surface area (Å²) in [5.41, 5.74) is 2.93. The molecule has 0 saturated heterocycles. The van der Waals surface area contributed by atoms with E-state index in [9.17, 15) is 4.79 Å². The number of aromatic nitrogens is 3. The Morgan fingerprint density at radius 1 is 0.955 bits per heavy atom. The van der Waals surface area contributed by atoms with Crippen molar-refractivity contribution >= 4 is 11.0 Å². The normalized spacial score (nSPS) is 10.9. The van der Waals surface area contributed by atoms with Crippen LogP contribution >= 0.6 is 0 Å². The number of aromatic amines is 1. The first-order chi connectivity index (χ1) is 10.8. The molecule has 2 aromatic carbocycles. The van der Waals surface area contributed by atoms with Crippen LogP contribution in [0.2, 0.25) is 0 Å². The predicted molar refractivity (Wildman–Crippen MR) is 83.3 cm³/mol. The Balaban J connectivity index is 1.84. The van der Waals surface area contributed by atoms with Gasteiger partial charge in [-0.1, -0.05) is 47.6 Å². The highest BCUT2D eigenvalue weighted by Crippen LogP contribution is 2.23. The Labute approximate surface area is 125 Å². The monoisotopic (exact) mass is 289 g/mol. The molecule has 0 aliphatic rings. The summed E-state index contributed by atoms with van der Waals surface area (Å²) in [4.78, 5) is 19.3. The maximum Gasteiger partial charge on any atom is 0.278 e. The zero-order valence-electron chi connectivity index (χ0n) is 11.5. The van der Waals surface area contributed by atoms with Gasteiger partial charge in [-0.3, -0.25) is 4.79 Å². The second-order valence-corrected chi connectivity index (χ2v) is 4.87. The summed E-state index contributed by atoms with van der Waals surface area (Å²) in [6.07, 6.45) is 0. The molecule has 0 fully saturated rings. The Hall–Kier alpha value is -3.21. The highest BCUT2D eigenvalue weighted by Gasteiger charge is 2.14. The minimum absolute atomic E-state index is 0.230. The molecular formula is C17H11N3O2. The molecular weight excluding hydrogens is 278 g/mol. The summed E-state index contributed by atoms with van der Waals surface area (Å²) in [7, 11) is 0. The highest BCUT2D eigenvalue weighted by molar-refractivity contribution is 5.76. The van der Waals surface area contributed by atoms with Crippen LogP contribution in [0.4, 0.5) is 0 Å². The molecule has 0 spiro atoms. The second-order valence-electron chi connectivity index (χ2n) is 4.87. The zero-order chi connectivity index (χ0) is 14.9. The number of H-pyrrole nitrogens is 1. The van der Waals surface area contributed by atoms with E-state index < -0.39 is 0 Å². The summed E-state index contributed by atoms with van der Waals surface area (Å²) in [5, 5.41) is 4.02. The molecule has 1 N–H and O–H groups in total. The van der Waals surface area contributed by atoms with Gasteiger partial charge in [0, 0.05) is 11.6 Å². The first-order valence-electron chi connectivity index (χ1n) is 6.83. The number of hydrogen-bond acceptors (Lipinski definition) is 4. The van der Waals surface area contributed by atoms with E-state index in [4.69, 9.17) is 4.52 Å². The Morgan fingerprint density at radius 2 is 1.73 bits per heavy atom. The number of para-hydroxylation sites is 2. The number of fused-ring (bicyclic) bond motifs is 1. The molecule has 0 amide bonds. The fraction of sp³-hybridized carbons (Fsp3) is 0. The maximum atomic E-state index is 12.2. The molecule has 0 radical (unpaired) electrons. The van der Waals surface area contributed by atoms with Gasteiger partial charge in [-0.05, 0) is 12.1 Å². The van der Waals surface area contributed by atoms with Gasteiger partial charge in [0.1, 0.15) is 5.69 Å². The molecule has 0 unspecified atom stereocenters. The lowest BCUT2D eigenvalue weighted by Crippen LogP contribution is -2.10. The minimum atomic E-state index is -0.297. The largest absolute Gasteiger partial charge is 0.354 e. The first kappa shape index (κ1) is 12.5. The zero-order valence-corrected chi connectivity index (χ0v) is 11.5. The average Bonchev–Trinajstić information content (AvgIpc) is 3.05. The van der Waals surface area contributed by atoms with Crippen molar-refractivity contribution < 1.29 is 4.52 Å². The number of rotatable bonds is 2. The van der Waals surface area contributed by atoms with Gasteiger partial charge < -0.3 is 9.51 Å². The van der Waals surface area contributed by atoms with Crippen molar-refractivity contribution in [3.8, 4) is 22.7 Å². The number of nitrogens with zero attached hydrogens (tertiary/aromatic N) is 2. The van der Waals surface area contributed by atoms with Gasteiger partial charge in [-0.15, -0.1) is 0 Å². The molecule has 0 aliphatic heterocycles. The summed E-state index contributed by atoms with van der Waals surface area (Å²) in [6.45, 7) is 0. The summed E-state index contributed by atoms with van der Waals surface area (Å²) < 4.78 is 5.30. The fourth-order valence-electron chi connectivity index (χ4n) is 2.33. The molecule has 0 saturated carbocycles.